The molecule has 1 aliphatic rings. The van der Waals surface area contributed by atoms with E-state index in [0.717, 1.165) is 25.3 Å². The Morgan fingerprint density at radius 2 is 2.40 bits per heavy atom. The van der Waals surface area contributed by atoms with Crippen molar-refractivity contribution in [2.75, 3.05) is 25.9 Å². The van der Waals surface area contributed by atoms with Gasteiger partial charge in [-0.25, -0.2) is 0 Å². The fraction of sp³-hybridized carbons (Fsp3) is 0.500. The minimum Gasteiger partial charge on any atom is -0.399 e. The molecule has 0 aliphatic carbocycles. The number of likely N-dealkylation sites (N-methyl/N-ethyl adjacent to an activating group) is 1. The summed E-state index contributed by atoms with van der Waals surface area (Å²) < 4.78 is 0. The van der Waals surface area contributed by atoms with Crippen LogP contribution in [0.25, 0.3) is 0 Å². The lowest BCUT2D eigenvalue weighted by Gasteiger charge is -2.23. The third-order valence-corrected chi connectivity index (χ3v) is 3.04. The van der Waals surface area contributed by atoms with Crippen molar-refractivity contribution < 1.29 is 0 Å². The maximum atomic E-state index is 5.76. The van der Waals surface area contributed by atoms with E-state index in [1.165, 1.54) is 12.0 Å². The van der Waals surface area contributed by atoms with Crippen LogP contribution >= 0.6 is 0 Å². The Hall–Kier alpha value is -1.06. The molecule has 15 heavy (non-hydrogen) atoms. The average Bonchev–Trinajstić information content (AvgIpc) is 2.70. The summed E-state index contributed by atoms with van der Waals surface area (Å²) in [4.78, 5) is 2.40. The minimum atomic E-state index is 0.673. The smallest absolute Gasteiger partial charge is 0.0317 e. The summed E-state index contributed by atoms with van der Waals surface area (Å²) in [5.41, 5.74) is 7.90. The van der Waals surface area contributed by atoms with E-state index in [9.17, 15) is 0 Å². The predicted octanol–water partition coefficient (Wildman–Crippen LogP) is 1.06. The molecule has 3 nitrogen and oxygen atoms in total. The van der Waals surface area contributed by atoms with Crippen molar-refractivity contribution in [2.45, 2.75) is 19.0 Å². The molecule has 1 heterocycles. The average molecular weight is 205 g/mol. The molecule has 0 radical (unpaired) electrons. The van der Waals surface area contributed by atoms with Gasteiger partial charge in [0.25, 0.3) is 0 Å². The van der Waals surface area contributed by atoms with Crippen molar-refractivity contribution in [3.05, 3.63) is 29.8 Å². The molecule has 1 unspecified atom stereocenters. The molecule has 1 aromatic rings. The Morgan fingerprint density at radius 1 is 1.53 bits per heavy atom. The van der Waals surface area contributed by atoms with Gasteiger partial charge in [0.15, 0.2) is 0 Å². The van der Waals surface area contributed by atoms with Crippen LogP contribution in [0.3, 0.4) is 0 Å². The maximum absolute atomic E-state index is 5.76. The van der Waals surface area contributed by atoms with Crippen LogP contribution in [0.2, 0.25) is 0 Å². The number of benzene rings is 1. The highest BCUT2D eigenvalue weighted by atomic mass is 15.2. The summed E-state index contributed by atoms with van der Waals surface area (Å²) in [6.07, 6.45) is 1.25. The van der Waals surface area contributed by atoms with Gasteiger partial charge in [0, 0.05) is 24.8 Å². The lowest BCUT2D eigenvalue weighted by molar-refractivity contribution is 0.249. The molecule has 1 saturated heterocycles. The van der Waals surface area contributed by atoms with Crippen LogP contribution in [0.4, 0.5) is 5.69 Å². The number of nitrogens with two attached hydrogens (primary N) is 1. The lowest BCUT2D eigenvalue weighted by atomic mass is 10.1. The number of hydrogen-bond acceptors (Lipinski definition) is 3. The van der Waals surface area contributed by atoms with Gasteiger partial charge in [-0.2, -0.15) is 0 Å². The normalized spacial score (nSPS) is 21.1. The van der Waals surface area contributed by atoms with Crippen LogP contribution in [0.15, 0.2) is 24.3 Å². The molecule has 0 spiro atoms. The molecule has 0 bridgehead atoms. The first-order chi connectivity index (χ1) is 7.25. The SMILES string of the molecule is CN(Cc1cccc(N)c1)C1CCNC1. The van der Waals surface area contributed by atoms with Crippen LogP contribution in [-0.4, -0.2) is 31.1 Å². The molecule has 3 heteroatoms. The van der Waals surface area contributed by atoms with E-state index in [1.807, 2.05) is 12.1 Å². The lowest BCUT2D eigenvalue weighted by Crippen LogP contribution is -2.32. The molecule has 1 atom stereocenters. The summed E-state index contributed by atoms with van der Waals surface area (Å²) in [6, 6.07) is 8.81. The van der Waals surface area contributed by atoms with Gasteiger partial charge in [0.05, 0.1) is 0 Å². The highest BCUT2D eigenvalue weighted by Gasteiger charge is 2.18. The van der Waals surface area contributed by atoms with Crippen molar-refractivity contribution in [2.24, 2.45) is 0 Å². The van der Waals surface area contributed by atoms with E-state index in [1.54, 1.807) is 0 Å². The van der Waals surface area contributed by atoms with Crippen molar-refractivity contribution in [1.82, 2.24) is 10.2 Å². The van der Waals surface area contributed by atoms with Crippen molar-refractivity contribution >= 4 is 5.69 Å². The predicted molar refractivity (Wildman–Crippen MR) is 63.6 cm³/mol. The number of hydrogen-bond donors (Lipinski definition) is 2. The van der Waals surface area contributed by atoms with Gasteiger partial charge >= 0.3 is 0 Å². The minimum absolute atomic E-state index is 0.673. The zero-order valence-corrected chi connectivity index (χ0v) is 9.24. The second-order valence-corrected chi connectivity index (χ2v) is 4.31. The number of anilines is 1. The summed E-state index contributed by atoms with van der Waals surface area (Å²) >= 11 is 0. The summed E-state index contributed by atoms with van der Waals surface area (Å²) in [5, 5.41) is 3.38. The number of nitrogen functional groups attached to an aromatic ring is 1. The van der Waals surface area contributed by atoms with Crippen molar-refractivity contribution in [3.8, 4) is 0 Å². The first kappa shape index (κ1) is 10.5. The molecule has 0 aromatic heterocycles. The summed E-state index contributed by atoms with van der Waals surface area (Å²) in [6.45, 7) is 3.24. The Labute approximate surface area is 91.3 Å². The van der Waals surface area contributed by atoms with Crippen LogP contribution in [0, 0.1) is 0 Å². The first-order valence-electron chi connectivity index (χ1n) is 5.51. The zero-order chi connectivity index (χ0) is 10.7. The quantitative estimate of drug-likeness (QED) is 0.725. The second kappa shape index (κ2) is 4.64. The second-order valence-electron chi connectivity index (χ2n) is 4.31. The number of rotatable bonds is 3. The molecule has 0 amide bonds. The number of nitrogens with zero attached hydrogens (tertiary/aromatic N) is 1. The van der Waals surface area contributed by atoms with Gasteiger partial charge in [-0.05, 0) is 37.7 Å². The highest BCUT2D eigenvalue weighted by Crippen LogP contribution is 2.13. The van der Waals surface area contributed by atoms with Gasteiger partial charge in [-0.1, -0.05) is 12.1 Å². The molecule has 82 valence electrons. The van der Waals surface area contributed by atoms with Crippen LogP contribution in [-0.2, 0) is 6.54 Å². The van der Waals surface area contributed by atoms with E-state index >= 15 is 0 Å². The Balaban J connectivity index is 1.95. The Kier molecular flexibility index (Phi) is 3.23. The fourth-order valence-electron chi connectivity index (χ4n) is 2.12. The standard InChI is InChI=1S/C12H19N3/c1-15(12-5-6-14-8-12)9-10-3-2-4-11(13)7-10/h2-4,7,12,14H,5-6,8-9,13H2,1H3. The van der Waals surface area contributed by atoms with Crippen LogP contribution in [0.5, 0.6) is 0 Å². The molecule has 0 saturated carbocycles. The fourth-order valence-corrected chi connectivity index (χ4v) is 2.12. The molecule has 3 N–H and O–H groups in total. The maximum Gasteiger partial charge on any atom is 0.0317 e. The van der Waals surface area contributed by atoms with Gasteiger partial charge in [0.1, 0.15) is 0 Å². The van der Waals surface area contributed by atoms with Gasteiger partial charge in [-0.3, -0.25) is 4.90 Å². The van der Waals surface area contributed by atoms with E-state index in [4.69, 9.17) is 5.73 Å². The van der Waals surface area contributed by atoms with Crippen LogP contribution < -0.4 is 11.1 Å². The Bertz CT molecular complexity index is 318. The van der Waals surface area contributed by atoms with Crippen molar-refractivity contribution in [1.29, 1.82) is 0 Å². The summed E-state index contributed by atoms with van der Waals surface area (Å²) in [7, 11) is 2.18. The third-order valence-electron chi connectivity index (χ3n) is 3.04. The Morgan fingerprint density at radius 3 is 3.07 bits per heavy atom. The first-order valence-corrected chi connectivity index (χ1v) is 5.51. The molecule has 2 rings (SSSR count). The van der Waals surface area contributed by atoms with E-state index < -0.39 is 0 Å². The van der Waals surface area contributed by atoms with Gasteiger partial charge in [-0.15, -0.1) is 0 Å². The van der Waals surface area contributed by atoms with Crippen molar-refractivity contribution in [3.63, 3.8) is 0 Å². The molecular formula is C12H19N3. The highest BCUT2D eigenvalue weighted by molar-refractivity contribution is 5.40. The van der Waals surface area contributed by atoms with E-state index in [2.05, 4.69) is 29.4 Å². The van der Waals surface area contributed by atoms with Gasteiger partial charge in [0.2, 0.25) is 0 Å². The molecule has 1 fully saturated rings. The zero-order valence-electron chi connectivity index (χ0n) is 9.24. The number of nitrogens with one attached hydrogen (secondary N) is 1. The molecular weight excluding hydrogens is 186 g/mol. The van der Waals surface area contributed by atoms with E-state index in [-0.39, 0.29) is 0 Å². The third kappa shape index (κ3) is 2.70. The topological polar surface area (TPSA) is 41.3 Å². The van der Waals surface area contributed by atoms with Gasteiger partial charge < -0.3 is 11.1 Å². The molecule has 1 aromatic carbocycles. The summed E-state index contributed by atoms with van der Waals surface area (Å²) in [5.74, 6) is 0. The van der Waals surface area contributed by atoms with Crippen LogP contribution in [0.1, 0.15) is 12.0 Å². The largest absolute Gasteiger partial charge is 0.399 e. The molecule has 1 aliphatic heterocycles. The monoisotopic (exact) mass is 205 g/mol. The van der Waals surface area contributed by atoms with E-state index in [0.29, 0.717) is 6.04 Å².